The molecule has 0 saturated carbocycles. The van der Waals surface area contributed by atoms with Crippen molar-refractivity contribution < 1.29 is 4.79 Å². The minimum Gasteiger partial charge on any atom is -0.337 e. The molecule has 1 atom stereocenters. The van der Waals surface area contributed by atoms with E-state index in [0.29, 0.717) is 11.4 Å². The Bertz CT molecular complexity index is 687. The van der Waals surface area contributed by atoms with Crippen LogP contribution in [0.5, 0.6) is 0 Å². The lowest BCUT2D eigenvalue weighted by Crippen LogP contribution is -2.39. The van der Waals surface area contributed by atoms with Gasteiger partial charge in [-0.25, -0.2) is 0 Å². The van der Waals surface area contributed by atoms with E-state index in [1.807, 2.05) is 18.0 Å². The highest BCUT2D eigenvalue weighted by Crippen LogP contribution is 2.27. The summed E-state index contributed by atoms with van der Waals surface area (Å²) >= 11 is 1.21. The number of aromatic nitrogens is 4. The minimum atomic E-state index is 0.0637. The first-order valence-electron chi connectivity index (χ1n) is 8.08. The SMILES string of the molecule is CCCc1nnsc1C(=O)N1CCC[C@H](c2cncc(C)n2)C1. The third-order valence-corrected chi connectivity index (χ3v) is 4.89. The van der Waals surface area contributed by atoms with Gasteiger partial charge in [0.1, 0.15) is 4.88 Å². The Morgan fingerprint density at radius 1 is 1.43 bits per heavy atom. The Labute approximate surface area is 140 Å². The number of nitrogens with zero attached hydrogens (tertiary/aromatic N) is 5. The Kier molecular flexibility index (Phi) is 4.95. The summed E-state index contributed by atoms with van der Waals surface area (Å²) in [6, 6.07) is 0. The van der Waals surface area contributed by atoms with Crippen molar-refractivity contribution >= 4 is 17.4 Å². The number of carbonyl (C=O) groups excluding carboxylic acids is 1. The average Bonchev–Trinajstić information content (AvgIpc) is 3.03. The lowest BCUT2D eigenvalue weighted by atomic mass is 9.94. The molecule has 1 aliphatic rings. The summed E-state index contributed by atoms with van der Waals surface area (Å²) in [5.74, 6) is 0.323. The minimum absolute atomic E-state index is 0.0637. The summed E-state index contributed by atoms with van der Waals surface area (Å²) in [5, 5.41) is 4.11. The number of rotatable bonds is 4. The Morgan fingerprint density at radius 3 is 3.09 bits per heavy atom. The lowest BCUT2D eigenvalue weighted by Gasteiger charge is -2.32. The van der Waals surface area contributed by atoms with Crippen LogP contribution in [0.1, 0.15) is 58.9 Å². The Hall–Kier alpha value is -1.89. The summed E-state index contributed by atoms with van der Waals surface area (Å²) in [7, 11) is 0. The van der Waals surface area contributed by atoms with Gasteiger partial charge >= 0.3 is 0 Å². The number of likely N-dealkylation sites (tertiary alicyclic amines) is 1. The largest absolute Gasteiger partial charge is 0.337 e. The van der Waals surface area contributed by atoms with Gasteiger partial charge in [0.15, 0.2) is 0 Å². The van der Waals surface area contributed by atoms with Crippen LogP contribution in [-0.2, 0) is 6.42 Å². The van der Waals surface area contributed by atoms with Crippen molar-refractivity contribution in [2.45, 2.75) is 45.4 Å². The summed E-state index contributed by atoms with van der Waals surface area (Å²) < 4.78 is 3.97. The van der Waals surface area contributed by atoms with Gasteiger partial charge < -0.3 is 4.90 Å². The van der Waals surface area contributed by atoms with Crippen molar-refractivity contribution in [3.05, 3.63) is 34.4 Å². The highest BCUT2D eigenvalue weighted by atomic mass is 32.1. The van der Waals surface area contributed by atoms with Gasteiger partial charge in [-0.2, -0.15) is 0 Å². The molecule has 0 N–H and O–H groups in total. The zero-order chi connectivity index (χ0) is 16.2. The molecule has 3 rings (SSSR count). The second-order valence-corrected chi connectivity index (χ2v) is 6.73. The molecule has 3 heterocycles. The molecule has 0 aromatic carbocycles. The van der Waals surface area contributed by atoms with Crippen LogP contribution < -0.4 is 0 Å². The number of carbonyl (C=O) groups is 1. The van der Waals surface area contributed by atoms with Gasteiger partial charge in [0.05, 0.1) is 17.1 Å². The lowest BCUT2D eigenvalue weighted by molar-refractivity contribution is 0.0709. The number of piperidine rings is 1. The number of hydrogen-bond donors (Lipinski definition) is 0. The van der Waals surface area contributed by atoms with E-state index in [1.165, 1.54) is 11.5 Å². The van der Waals surface area contributed by atoms with Gasteiger partial charge in [0.25, 0.3) is 5.91 Å². The fourth-order valence-electron chi connectivity index (χ4n) is 3.00. The average molecular weight is 331 g/mol. The van der Waals surface area contributed by atoms with E-state index in [-0.39, 0.29) is 11.8 Å². The van der Waals surface area contributed by atoms with Crippen LogP contribution in [0, 0.1) is 6.92 Å². The van der Waals surface area contributed by atoms with Gasteiger partial charge in [0, 0.05) is 31.4 Å². The Morgan fingerprint density at radius 2 is 2.30 bits per heavy atom. The van der Waals surface area contributed by atoms with Crippen LogP contribution in [0.4, 0.5) is 0 Å². The molecule has 0 spiro atoms. The van der Waals surface area contributed by atoms with Crippen molar-refractivity contribution in [2.24, 2.45) is 0 Å². The molecule has 1 fully saturated rings. The molecule has 0 radical (unpaired) electrons. The summed E-state index contributed by atoms with van der Waals surface area (Å²) in [6.45, 7) is 5.52. The summed E-state index contributed by atoms with van der Waals surface area (Å²) in [4.78, 5) is 24.3. The quantitative estimate of drug-likeness (QED) is 0.861. The van der Waals surface area contributed by atoms with Gasteiger partial charge in [-0.05, 0) is 37.7 Å². The zero-order valence-electron chi connectivity index (χ0n) is 13.5. The van der Waals surface area contributed by atoms with Crippen molar-refractivity contribution in [1.29, 1.82) is 0 Å². The van der Waals surface area contributed by atoms with E-state index in [4.69, 9.17) is 0 Å². The van der Waals surface area contributed by atoms with Crippen LogP contribution in [-0.4, -0.2) is 43.5 Å². The van der Waals surface area contributed by atoms with Crippen molar-refractivity contribution in [3.8, 4) is 0 Å². The van der Waals surface area contributed by atoms with E-state index >= 15 is 0 Å². The fourth-order valence-corrected chi connectivity index (χ4v) is 3.67. The van der Waals surface area contributed by atoms with Crippen molar-refractivity contribution in [1.82, 2.24) is 24.5 Å². The standard InChI is InChI=1S/C16H21N5OS/c1-3-5-13-15(23-20-19-13)16(22)21-7-4-6-12(10-21)14-9-17-8-11(2)18-14/h8-9,12H,3-7,10H2,1-2H3/t12-/m0/s1. The fraction of sp³-hybridized carbons (Fsp3) is 0.562. The predicted octanol–water partition coefficient (Wildman–Crippen LogP) is 2.61. The molecular weight excluding hydrogens is 310 g/mol. The molecule has 2 aromatic rings. The predicted molar refractivity (Wildman–Crippen MR) is 88.6 cm³/mol. The van der Waals surface area contributed by atoms with Crippen LogP contribution in [0.3, 0.4) is 0 Å². The van der Waals surface area contributed by atoms with Crippen LogP contribution >= 0.6 is 11.5 Å². The highest BCUT2D eigenvalue weighted by Gasteiger charge is 2.29. The molecular formula is C16H21N5OS. The normalized spacial score (nSPS) is 18.2. The molecule has 1 aliphatic heterocycles. The van der Waals surface area contributed by atoms with Gasteiger partial charge in [-0.1, -0.05) is 17.8 Å². The molecule has 6 nitrogen and oxygen atoms in total. The topological polar surface area (TPSA) is 71.9 Å². The van der Waals surface area contributed by atoms with Crippen molar-refractivity contribution in [2.75, 3.05) is 13.1 Å². The molecule has 122 valence electrons. The molecule has 0 bridgehead atoms. The summed E-state index contributed by atoms with van der Waals surface area (Å²) in [6.07, 6.45) is 7.38. The van der Waals surface area contributed by atoms with Gasteiger partial charge in [0.2, 0.25) is 0 Å². The van der Waals surface area contributed by atoms with E-state index in [0.717, 1.165) is 49.3 Å². The van der Waals surface area contributed by atoms with Crippen LogP contribution in [0.15, 0.2) is 12.4 Å². The molecule has 7 heteroatoms. The first kappa shape index (κ1) is 16.0. The monoisotopic (exact) mass is 331 g/mol. The maximum Gasteiger partial charge on any atom is 0.267 e. The molecule has 1 saturated heterocycles. The smallest absolute Gasteiger partial charge is 0.267 e. The van der Waals surface area contributed by atoms with Crippen LogP contribution in [0.25, 0.3) is 0 Å². The number of hydrogen-bond acceptors (Lipinski definition) is 6. The third kappa shape index (κ3) is 3.55. The maximum atomic E-state index is 12.8. The van der Waals surface area contributed by atoms with Crippen LogP contribution in [0.2, 0.25) is 0 Å². The first-order valence-corrected chi connectivity index (χ1v) is 8.85. The maximum absolute atomic E-state index is 12.8. The highest BCUT2D eigenvalue weighted by molar-refractivity contribution is 7.08. The van der Waals surface area contributed by atoms with E-state index in [2.05, 4.69) is 26.5 Å². The molecule has 2 aromatic heterocycles. The second kappa shape index (κ2) is 7.12. The Balaban J connectivity index is 1.75. The van der Waals surface area contributed by atoms with E-state index in [1.54, 1.807) is 6.20 Å². The number of amides is 1. The first-order chi connectivity index (χ1) is 11.2. The number of aryl methyl sites for hydroxylation is 2. The van der Waals surface area contributed by atoms with Gasteiger partial charge in [-0.3, -0.25) is 14.8 Å². The molecule has 0 unspecified atom stereocenters. The van der Waals surface area contributed by atoms with Gasteiger partial charge in [-0.15, -0.1) is 5.10 Å². The second-order valence-electron chi connectivity index (χ2n) is 5.97. The molecule has 0 aliphatic carbocycles. The zero-order valence-corrected chi connectivity index (χ0v) is 14.3. The molecule has 23 heavy (non-hydrogen) atoms. The summed E-state index contributed by atoms with van der Waals surface area (Å²) in [5.41, 5.74) is 2.74. The van der Waals surface area contributed by atoms with E-state index < -0.39 is 0 Å². The molecule has 1 amide bonds. The third-order valence-electron chi connectivity index (χ3n) is 4.14. The van der Waals surface area contributed by atoms with E-state index in [9.17, 15) is 4.79 Å². The van der Waals surface area contributed by atoms with Crippen molar-refractivity contribution in [3.63, 3.8) is 0 Å².